The minimum absolute atomic E-state index is 0.279. The van der Waals surface area contributed by atoms with E-state index in [1.807, 2.05) is 13.0 Å². The zero-order valence-corrected chi connectivity index (χ0v) is 15.0. The largest absolute Gasteiger partial charge is 0.291 e. The molecule has 1 heterocycles. The molecule has 3 rings (SSSR count). The van der Waals surface area contributed by atoms with Crippen LogP contribution in [0.15, 0.2) is 35.4 Å². The predicted molar refractivity (Wildman–Crippen MR) is 99.9 cm³/mol. The lowest BCUT2D eigenvalue weighted by atomic mass is 10.0. The molecule has 1 aromatic carbocycles. The quantitative estimate of drug-likeness (QED) is 0.431. The Labute approximate surface area is 148 Å². The highest BCUT2D eigenvalue weighted by molar-refractivity contribution is 6.00. The van der Waals surface area contributed by atoms with Gasteiger partial charge in [0.1, 0.15) is 0 Å². The van der Waals surface area contributed by atoms with Crippen molar-refractivity contribution in [3.05, 3.63) is 52.8 Å². The molecule has 0 bridgehead atoms. The third-order valence-corrected chi connectivity index (χ3v) is 4.61. The molecule has 1 saturated carbocycles. The summed E-state index contributed by atoms with van der Waals surface area (Å²) in [5, 5.41) is 11.2. The minimum Gasteiger partial charge on any atom is -0.281 e. The van der Waals surface area contributed by atoms with E-state index in [1.54, 1.807) is 0 Å². The Bertz CT molecular complexity index is 741. The minimum atomic E-state index is -0.279. The first-order valence-electron chi connectivity index (χ1n) is 9.16. The van der Waals surface area contributed by atoms with Crippen LogP contribution >= 0.6 is 0 Å². The van der Waals surface area contributed by atoms with Gasteiger partial charge in [-0.05, 0) is 49.8 Å². The molecule has 0 radical (unpaired) electrons. The van der Waals surface area contributed by atoms with Gasteiger partial charge in [0.2, 0.25) is 0 Å². The first-order chi connectivity index (χ1) is 12.2. The Morgan fingerprint density at radius 2 is 2.04 bits per heavy atom. The van der Waals surface area contributed by atoms with E-state index in [1.165, 1.54) is 37.7 Å². The molecule has 0 atom stereocenters. The van der Waals surface area contributed by atoms with Crippen molar-refractivity contribution in [3.8, 4) is 0 Å². The van der Waals surface area contributed by atoms with Crippen LogP contribution in [-0.4, -0.2) is 21.8 Å². The fraction of sp³-hybridized carbons (Fsp3) is 0.450. The van der Waals surface area contributed by atoms with Gasteiger partial charge in [0.25, 0.3) is 5.91 Å². The summed E-state index contributed by atoms with van der Waals surface area (Å²) < 4.78 is 0. The number of H-pyrrole nitrogens is 1. The average Bonchev–Trinajstić information content (AvgIpc) is 3.37. The summed E-state index contributed by atoms with van der Waals surface area (Å²) in [7, 11) is 0. The maximum absolute atomic E-state index is 12.1. The van der Waals surface area contributed by atoms with E-state index in [2.05, 4.69) is 51.9 Å². The maximum atomic E-state index is 12.1. The SMILES string of the molecule is CCCCCc1ccc(/C(C)=N/NC(=O)c2cc(C3CC3)[nH]n2)cc1. The molecule has 0 saturated heterocycles. The van der Waals surface area contributed by atoms with E-state index >= 15 is 0 Å². The molecular formula is C20H26N4O. The van der Waals surface area contributed by atoms with Crippen molar-refractivity contribution in [2.24, 2.45) is 5.10 Å². The standard InChI is InChI=1S/C20H26N4O/c1-3-4-5-6-15-7-9-16(10-8-15)14(2)21-24-20(25)19-13-18(22-23-19)17-11-12-17/h7-10,13,17H,3-6,11-12H2,1-2H3,(H,22,23)(H,24,25)/b21-14+. The Hall–Kier alpha value is -2.43. The number of nitrogens with one attached hydrogen (secondary N) is 2. The van der Waals surface area contributed by atoms with Crippen LogP contribution in [0.5, 0.6) is 0 Å². The normalized spacial score (nSPS) is 14.6. The number of aryl methyl sites for hydroxylation is 1. The second kappa shape index (κ2) is 8.10. The number of nitrogens with zero attached hydrogens (tertiary/aromatic N) is 2. The third kappa shape index (κ3) is 4.78. The van der Waals surface area contributed by atoms with Crippen molar-refractivity contribution in [1.29, 1.82) is 0 Å². The highest BCUT2D eigenvalue weighted by Crippen LogP contribution is 2.38. The van der Waals surface area contributed by atoms with Crippen LogP contribution in [0.4, 0.5) is 0 Å². The summed E-state index contributed by atoms with van der Waals surface area (Å²) in [6.45, 7) is 4.11. The van der Waals surface area contributed by atoms with Crippen molar-refractivity contribution in [2.75, 3.05) is 0 Å². The summed E-state index contributed by atoms with van der Waals surface area (Å²) in [4.78, 5) is 12.1. The van der Waals surface area contributed by atoms with E-state index in [4.69, 9.17) is 0 Å². The molecule has 1 amide bonds. The van der Waals surface area contributed by atoms with E-state index < -0.39 is 0 Å². The Balaban J connectivity index is 1.55. The number of aromatic amines is 1. The van der Waals surface area contributed by atoms with Crippen molar-refractivity contribution in [2.45, 2.75) is 58.3 Å². The number of aromatic nitrogens is 2. The molecule has 1 aromatic heterocycles. The fourth-order valence-corrected chi connectivity index (χ4v) is 2.80. The number of hydrazone groups is 1. The molecule has 0 unspecified atom stereocenters. The Morgan fingerprint density at radius 3 is 2.72 bits per heavy atom. The number of benzene rings is 1. The first kappa shape index (κ1) is 17.4. The predicted octanol–water partition coefficient (Wildman–Crippen LogP) is 4.17. The number of hydrogen-bond acceptors (Lipinski definition) is 3. The lowest BCUT2D eigenvalue weighted by molar-refractivity contribution is 0.0950. The number of hydrogen-bond donors (Lipinski definition) is 2. The lowest BCUT2D eigenvalue weighted by Gasteiger charge is -2.04. The molecule has 1 aliphatic rings. The van der Waals surface area contributed by atoms with Gasteiger partial charge in [-0.3, -0.25) is 9.89 Å². The fourth-order valence-electron chi connectivity index (χ4n) is 2.80. The first-order valence-corrected chi connectivity index (χ1v) is 9.16. The summed E-state index contributed by atoms with van der Waals surface area (Å²) in [5.41, 5.74) is 7.18. The topological polar surface area (TPSA) is 70.1 Å². The van der Waals surface area contributed by atoms with Crippen LogP contribution in [0.2, 0.25) is 0 Å². The maximum Gasteiger partial charge on any atom is 0.291 e. The van der Waals surface area contributed by atoms with Gasteiger partial charge < -0.3 is 0 Å². The summed E-state index contributed by atoms with van der Waals surface area (Å²) in [6.07, 6.45) is 7.20. The number of rotatable bonds is 8. The molecular weight excluding hydrogens is 312 g/mol. The Morgan fingerprint density at radius 1 is 1.28 bits per heavy atom. The van der Waals surface area contributed by atoms with Crippen molar-refractivity contribution < 1.29 is 4.79 Å². The van der Waals surface area contributed by atoms with Gasteiger partial charge in [0, 0.05) is 11.6 Å². The van der Waals surface area contributed by atoms with Crippen molar-refractivity contribution >= 4 is 11.6 Å². The molecule has 5 nitrogen and oxygen atoms in total. The molecule has 0 aliphatic heterocycles. The number of amides is 1. The molecule has 25 heavy (non-hydrogen) atoms. The highest BCUT2D eigenvalue weighted by Gasteiger charge is 2.26. The molecule has 1 fully saturated rings. The van der Waals surface area contributed by atoms with Gasteiger partial charge in [-0.25, -0.2) is 5.43 Å². The van der Waals surface area contributed by atoms with E-state index in [0.717, 1.165) is 23.4 Å². The molecule has 1 aliphatic carbocycles. The van der Waals surface area contributed by atoms with Crippen molar-refractivity contribution in [3.63, 3.8) is 0 Å². The second-order valence-electron chi connectivity index (χ2n) is 6.77. The van der Waals surface area contributed by atoms with Gasteiger partial charge in [0.15, 0.2) is 5.69 Å². The van der Waals surface area contributed by atoms with Crippen LogP contribution in [-0.2, 0) is 6.42 Å². The molecule has 2 N–H and O–H groups in total. The van der Waals surface area contributed by atoms with Crippen LogP contribution in [0, 0.1) is 0 Å². The van der Waals surface area contributed by atoms with E-state index in [-0.39, 0.29) is 5.91 Å². The van der Waals surface area contributed by atoms with Crippen molar-refractivity contribution in [1.82, 2.24) is 15.6 Å². The summed E-state index contributed by atoms with van der Waals surface area (Å²) in [5.74, 6) is 0.272. The van der Waals surface area contributed by atoms with Gasteiger partial charge in [-0.1, -0.05) is 44.0 Å². The monoisotopic (exact) mass is 338 g/mol. The third-order valence-electron chi connectivity index (χ3n) is 4.61. The number of carbonyl (C=O) groups is 1. The molecule has 2 aromatic rings. The number of carbonyl (C=O) groups excluding carboxylic acids is 1. The van der Waals surface area contributed by atoms with Crippen LogP contribution < -0.4 is 5.43 Å². The van der Waals surface area contributed by atoms with Gasteiger partial charge >= 0.3 is 0 Å². The molecule has 132 valence electrons. The van der Waals surface area contributed by atoms with Crippen LogP contribution in [0.1, 0.15) is 79.2 Å². The average molecular weight is 338 g/mol. The summed E-state index contributed by atoms with van der Waals surface area (Å²) >= 11 is 0. The smallest absolute Gasteiger partial charge is 0.281 e. The van der Waals surface area contributed by atoms with Gasteiger partial charge in [0.05, 0.1) is 5.71 Å². The second-order valence-corrected chi connectivity index (χ2v) is 6.77. The molecule has 0 spiro atoms. The lowest BCUT2D eigenvalue weighted by Crippen LogP contribution is -2.19. The van der Waals surface area contributed by atoms with Gasteiger partial charge in [-0.15, -0.1) is 0 Å². The van der Waals surface area contributed by atoms with Crippen LogP contribution in [0.3, 0.4) is 0 Å². The Kier molecular flexibility index (Phi) is 5.64. The number of unbranched alkanes of at least 4 members (excludes halogenated alkanes) is 2. The van der Waals surface area contributed by atoms with E-state index in [0.29, 0.717) is 11.6 Å². The van der Waals surface area contributed by atoms with Gasteiger partial charge in [-0.2, -0.15) is 10.2 Å². The highest BCUT2D eigenvalue weighted by atomic mass is 16.2. The van der Waals surface area contributed by atoms with E-state index in [9.17, 15) is 4.79 Å². The van der Waals surface area contributed by atoms with Crippen LogP contribution in [0.25, 0.3) is 0 Å². The zero-order valence-electron chi connectivity index (χ0n) is 15.0. The zero-order chi connectivity index (χ0) is 17.6. The summed E-state index contributed by atoms with van der Waals surface area (Å²) in [6, 6.07) is 10.2. The molecule has 5 heteroatoms.